The Morgan fingerprint density at radius 3 is 2.63 bits per heavy atom. The van der Waals surface area contributed by atoms with Crippen LogP contribution in [0.4, 0.5) is 10.2 Å². The Balaban J connectivity index is 1.27. The van der Waals surface area contributed by atoms with Gasteiger partial charge in [0.15, 0.2) is 0 Å². The van der Waals surface area contributed by atoms with Crippen LogP contribution in [0.5, 0.6) is 0 Å². The van der Waals surface area contributed by atoms with E-state index >= 15 is 0 Å². The average Bonchev–Trinajstić information content (AvgIpc) is 3.24. The first-order valence-corrected chi connectivity index (χ1v) is 14.0. The molecule has 1 amide bonds. The van der Waals surface area contributed by atoms with Crippen molar-refractivity contribution in [1.29, 1.82) is 0 Å². The zero-order valence-corrected chi connectivity index (χ0v) is 22.8. The van der Waals surface area contributed by atoms with Gasteiger partial charge in [-0.1, -0.05) is 24.6 Å². The van der Waals surface area contributed by atoms with Crippen molar-refractivity contribution in [2.45, 2.75) is 69.1 Å². The van der Waals surface area contributed by atoms with E-state index in [4.69, 9.17) is 16.3 Å². The molecule has 0 bridgehead atoms. The van der Waals surface area contributed by atoms with Crippen molar-refractivity contribution in [3.63, 3.8) is 0 Å². The molecule has 2 aromatic rings. The SMILES string of the molecule is COC1CCC(NC[C@@H](C(=O)N2CCN(c3ncnc4c3C(C)C[C@H]4O)CC2)c2ccc(Cl)c(F)c2)CC1. The molecular weight excluding hydrogens is 509 g/mol. The number of carbonyl (C=O) groups excluding carboxylic acids is 1. The van der Waals surface area contributed by atoms with E-state index in [-0.39, 0.29) is 16.8 Å². The highest BCUT2D eigenvalue weighted by molar-refractivity contribution is 6.30. The first kappa shape index (κ1) is 27.2. The van der Waals surface area contributed by atoms with E-state index in [0.717, 1.165) is 42.8 Å². The minimum atomic E-state index is -0.554. The molecule has 3 atom stereocenters. The summed E-state index contributed by atoms with van der Waals surface area (Å²) in [6.45, 7) is 4.88. The minimum absolute atomic E-state index is 0.0128. The van der Waals surface area contributed by atoms with Crippen molar-refractivity contribution in [2.24, 2.45) is 0 Å². The maximum absolute atomic E-state index is 14.4. The molecule has 2 fully saturated rings. The highest BCUT2D eigenvalue weighted by Gasteiger charge is 2.35. The quantitative estimate of drug-likeness (QED) is 0.547. The van der Waals surface area contributed by atoms with Crippen LogP contribution in [-0.2, 0) is 9.53 Å². The van der Waals surface area contributed by atoms with E-state index in [1.165, 1.54) is 18.5 Å². The lowest BCUT2D eigenvalue weighted by molar-refractivity contribution is -0.133. The molecule has 10 heteroatoms. The molecule has 1 saturated heterocycles. The number of aromatic nitrogens is 2. The molecule has 2 N–H and O–H groups in total. The maximum atomic E-state index is 14.4. The van der Waals surface area contributed by atoms with Gasteiger partial charge in [0.1, 0.15) is 18.0 Å². The van der Waals surface area contributed by atoms with Crippen molar-refractivity contribution >= 4 is 23.3 Å². The van der Waals surface area contributed by atoms with Crippen molar-refractivity contribution < 1.29 is 19.0 Å². The zero-order chi connectivity index (χ0) is 26.8. The van der Waals surface area contributed by atoms with Crippen molar-refractivity contribution in [1.82, 2.24) is 20.2 Å². The molecule has 1 aromatic heterocycles. The normalized spacial score (nSPS) is 26.3. The van der Waals surface area contributed by atoms with Gasteiger partial charge in [-0.2, -0.15) is 0 Å². The molecule has 38 heavy (non-hydrogen) atoms. The Kier molecular flexibility index (Phi) is 8.47. The number of halogens is 2. The molecule has 0 radical (unpaired) electrons. The summed E-state index contributed by atoms with van der Waals surface area (Å²) in [6.07, 6.45) is 5.88. The molecule has 5 rings (SSSR count). The largest absolute Gasteiger partial charge is 0.387 e. The van der Waals surface area contributed by atoms with Gasteiger partial charge in [0.2, 0.25) is 5.91 Å². The van der Waals surface area contributed by atoms with Gasteiger partial charge in [-0.25, -0.2) is 14.4 Å². The molecule has 1 unspecified atom stereocenters. The molecule has 1 aliphatic heterocycles. The monoisotopic (exact) mass is 545 g/mol. The number of fused-ring (bicyclic) bond motifs is 1. The number of piperazine rings is 1. The van der Waals surface area contributed by atoms with E-state index in [1.54, 1.807) is 13.2 Å². The standard InChI is InChI=1S/C28H37ClFN5O3/c1-17-13-24(36)26-25(17)27(33-16-32-26)34-9-11-35(12-10-34)28(37)21(18-3-8-22(29)23(30)14-18)15-31-19-4-6-20(38-2)7-5-19/h3,8,14,16-17,19-21,24,31,36H,4-7,9-13,15H2,1-2H3/t17?,19?,20?,21-,24-/m1/s1. The Bertz CT molecular complexity index is 1140. The van der Waals surface area contributed by atoms with Gasteiger partial charge < -0.3 is 25.0 Å². The summed E-state index contributed by atoms with van der Waals surface area (Å²) in [4.78, 5) is 26.7. The van der Waals surface area contributed by atoms with Crippen LogP contribution < -0.4 is 10.2 Å². The molecule has 3 aliphatic rings. The molecule has 1 aromatic carbocycles. The smallest absolute Gasteiger partial charge is 0.231 e. The number of carbonyl (C=O) groups is 1. The summed E-state index contributed by atoms with van der Waals surface area (Å²) in [6, 6.07) is 4.98. The summed E-state index contributed by atoms with van der Waals surface area (Å²) in [7, 11) is 1.75. The van der Waals surface area contributed by atoms with Gasteiger partial charge in [-0.05, 0) is 55.7 Å². The zero-order valence-electron chi connectivity index (χ0n) is 22.1. The first-order valence-electron chi connectivity index (χ1n) is 13.6. The molecular formula is C28H37ClFN5O3. The second-order valence-electron chi connectivity index (χ2n) is 10.8. The lowest BCUT2D eigenvalue weighted by Crippen LogP contribution is -2.51. The number of nitrogens with one attached hydrogen (secondary N) is 1. The fraction of sp³-hybridized carbons (Fsp3) is 0.607. The van der Waals surface area contributed by atoms with Crippen molar-refractivity contribution in [2.75, 3.05) is 44.7 Å². The fourth-order valence-corrected chi connectivity index (χ4v) is 6.29. The number of aliphatic hydroxyl groups is 1. The number of rotatable bonds is 7. The Morgan fingerprint density at radius 1 is 1.21 bits per heavy atom. The topological polar surface area (TPSA) is 90.8 Å². The maximum Gasteiger partial charge on any atom is 0.231 e. The highest BCUT2D eigenvalue weighted by atomic mass is 35.5. The number of amides is 1. The number of hydrogen-bond donors (Lipinski definition) is 2. The number of anilines is 1. The lowest BCUT2D eigenvalue weighted by atomic mass is 9.91. The summed E-state index contributed by atoms with van der Waals surface area (Å²) in [5.41, 5.74) is 2.37. The van der Waals surface area contributed by atoms with Crippen LogP contribution in [0.2, 0.25) is 5.02 Å². The average molecular weight is 546 g/mol. The summed E-state index contributed by atoms with van der Waals surface area (Å²) in [5, 5.41) is 14.0. The van der Waals surface area contributed by atoms with Crippen LogP contribution in [0.25, 0.3) is 0 Å². The van der Waals surface area contributed by atoms with E-state index in [0.29, 0.717) is 56.9 Å². The fourth-order valence-electron chi connectivity index (χ4n) is 6.18. The van der Waals surface area contributed by atoms with Gasteiger partial charge in [0.25, 0.3) is 0 Å². The predicted molar refractivity (Wildman–Crippen MR) is 144 cm³/mol. The summed E-state index contributed by atoms with van der Waals surface area (Å²) >= 11 is 5.94. The number of benzene rings is 1. The van der Waals surface area contributed by atoms with Crippen LogP contribution in [0.3, 0.4) is 0 Å². The molecule has 206 valence electrons. The molecule has 8 nitrogen and oxygen atoms in total. The van der Waals surface area contributed by atoms with Crippen LogP contribution in [0.1, 0.15) is 73.8 Å². The van der Waals surface area contributed by atoms with Crippen LogP contribution >= 0.6 is 11.6 Å². The van der Waals surface area contributed by atoms with Crippen LogP contribution in [0.15, 0.2) is 24.5 Å². The molecule has 2 aliphatic carbocycles. The third kappa shape index (κ3) is 5.66. The molecule has 2 heterocycles. The number of aliphatic hydroxyl groups excluding tert-OH is 1. The van der Waals surface area contributed by atoms with Gasteiger partial charge in [-0.3, -0.25) is 4.79 Å². The van der Waals surface area contributed by atoms with E-state index < -0.39 is 17.8 Å². The highest BCUT2D eigenvalue weighted by Crippen LogP contribution is 2.42. The lowest BCUT2D eigenvalue weighted by Gasteiger charge is -2.38. The minimum Gasteiger partial charge on any atom is -0.387 e. The third-order valence-electron chi connectivity index (χ3n) is 8.43. The Hall–Kier alpha value is -2.33. The van der Waals surface area contributed by atoms with Gasteiger partial charge >= 0.3 is 0 Å². The summed E-state index contributed by atoms with van der Waals surface area (Å²) < 4.78 is 19.9. The third-order valence-corrected chi connectivity index (χ3v) is 8.74. The second kappa shape index (κ2) is 11.8. The number of hydrogen-bond acceptors (Lipinski definition) is 7. The van der Waals surface area contributed by atoms with Crippen LogP contribution in [-0.4, -0.2) is 77.9 Å². The number of nitrogens with zero attached hydrogens (tertiary/aromatic N) is 4. The Morgan fingerprint density at radius 2 is 1.95 bits per heavy atom. The van der Waals surface area contributed by atoms with Crippen molar-refractivity contribution in [3.05, 3.63) is 52.2 Å². The number of ether oxygens (including phenoxy) is 1. The molecule has 1 saturated carbocycles. The Labute approximate surface area is 228 Å². The van der Waals surface area contributed by atoms with Crippen LogP contribution in [0, 0.1) is 5.82 Å². The first-order chi connectivity index (χ1) is 18.4. The van der Waals surface area contributed by atoms with Gasteiger partial charge in [-0.15, -0.1) is 0 Å². The second-order valence-corrected chi connectivity index (χ2v) is 11.2. The van der Waals surface area contributed by atoms with E-state index in [1.807, 2.05) is 4.90 Å². The van der Waals surface area contributed by atoms with Gasteiger partial charge in [0, 0.05) is 51.4 Å². The number of methoxy groups -OCH3 is 1. The van der Waals surface area contributed by atoms with Crippen molar-refractivity contribution in [3.8, 4) is 0 Å². The van der Waals surface area contributed by atoms with E-state index in [2.05, 4.69) is 27.1 Å². The predicted octanol–water partition coefficient (Wildman–Crippen LogP) is 3.79. The van der Waals surface area contributed by atoms with E-state index in [9.17, 15) is 14.3 Å². The van der Waals surface area contributed by atoms with Gasteiger partial charge in [0.05, 0.1) is 28.8 Å². The summed E-state index contributed by atoms with van der Waals surface area (Å²) in [5.74, 6) is 0.00951. The molecule has 0 spiro atoms.